The fraction of sp³-hybridized carbons (Fsp3) is 0.300. The summed E-state index contributed by atoms with van der Waals surface area (Å²) in [4.78, 5) is 28.7. The van der Waals surface area contributed by atoms with Gasteiger partial charge in [-0.2, -0.15) is 0 Å². The molecule has 2 aromatic rings. The molecule has 0 unspecified atom stereocenters. The van der Waals surface area contributed by atoms with Gasteiger partial charge in [0.25, 0.3) is 5.91 Å². The average molecular weight is 416 g/mol. The molecule has 0 aliphatic carbocycles. The number of halogens is 1. The second kappa shape index (κ2) is 8.96. The zero-order valence-electron chi connectivity index (χ0n) is 14.5. The molecular formula is C20H22BrN3O2. The van der Waals surface area contributed by atoms with Crippen LogP contribution in [-0.4, -0.2) is 54.3 Å². The molecule has 6 heteroatoms. The summed E-state index contributed by atoms with van der Waals surface area (Å²) < 4.78 is 0.813. The molecule has 3 rings (SSSR count). The Hall–Kier alpha value is -2.18. The molecule has 1 N–H and O–H groups in total. The quantitative estimate of drug-likeness (QED) is 0.815. The second-order valence-electron chi connectivity index (χ2n) is 6.31. The number of piperazine rings is 1. The van der Waals surface area contributed by atoms with Crippen LogP contribution >= 0.6 is 15.9 Å². The van der Waals surface area contributed by atoms with Crippen LogP contribution in [0.15, 0.2) is 59.1 Å². The number of nitrogens with zero attached hydrogens (tertiary/aromatic N) is 2. The molecule has 0 atom stereocenters. The van der Waals surface area contributed by atoms with Gasteiger partial charge in [-0.25, -0.2) is 0 Å². The SMILES string of the molecule is O=C(CN1CCN(C(=O)c2ccccc2Br)CC1)NCc1ccccc1. The van der Waals surface area contributed by atoms with Crippen LogP contribution in [0.1, 0.15) is 15.9 Å². The lowest BCUT2D eigenvalue weighted by atomic mass is 10.2. The van der Waals surface area contributed by atoms with Crippen LogP contribution in [0.25, 0.3) is 0 Å². The largest absolute Gasteiger partial charge is 0.351 e. The average Bonchev–Trinajstić information content (AvgIpc) is 2.68. The minimum Gasteiger partial charge on any atom is -0.351 e. The highest BCUT2D eigenvalue weighted by Crippen LogP contribution is 2.18. The zero-order chi connectivity index (χ0) is 18.4. The Labute approximate surface area is 162 Å². The monoisotopic (exact) mass is 415 g/mol. The van der Waals surface area contributed by atoms with Gasteiger partial charge >= 0.3 is 0 Å². The summed E-state index contributed by atoms with van der Waals surface area (Å²) in [6, 6.07) is 17.3. The lowest BCUT2D eigenvalue weighted by molar-refractivity contribution is -0.122. The topological polar surface area (TPSA) is 52.7 Å². The van der Waals surface area contributed by atoms with E-state index in [-0.39, 0.29) is 11.8 Å². The van der Waals surface area contributed by atoms with E-state index in [0.717, 1.165) is 10.0 Å². The van der Waals surface area contributed by atoms with Crippen LogP contribution in [0.2, 0.25) is 0 Å². The number of benzene rings is 2. The third-order valence-corrected chi connectivity index (χ3v) is 5.15. The van der Waals surface area contributed by atoms with E-state index in [4.69, 9.17) is 0 Å². The Balaban J connectivity index is 1.44. The Kier molecular flexibility index (Phi) is 6.41. The van der Waals surface area contributed by atoms with Crippen molar-refractivity contribution in [2.75, 3.05) is 32.7 Å². The normalized spacial score (nSPS) is 14.9. The molecule has 1 aliphatic rings. The summed E-state index contributed by atoms with van der Waals surface area (Å²) in [6.07, 6.45) is 0. The first-order valence-electron chi connectivity index (χ1n) is 8.70. The van der Waals surface area contributed by atoms with Gasteiger partial charge in [0.2, 0.25) is 5.91 Å². The molecule has 26 heavy (non-hydrogen) atoms. The van der Waals surface area contributed by atoms with Crippen molar-refractivity contribution in [1.82, 2.24) is 15.1 Å². The van der Waals surface area contributed by atoms with Gasteiger partial charge in [0.1, 0.15) is 0 Å². The summed E-state index contributed by atoms with van der Waals surface area (Å²) in [5.74, 6) is 0.0464. The molecule has 0 aromatic heterocycles. The summed E-state index contributed by atoms with van der Waals surface area (Å²) in [5.41, 5.74) is 1.77. The third-order valence-electron chi connectivity index (χ3n) is 4.46. The van der Waals surface area contributed by atoms with Gasteiger partial charge in [-0.15, -0.1) is 0 Å². The van der Waals surface area contributed by atoms with Gasteiger partial charge in [-0.1, -0.05) is 42.5 Å². The summed E-state index contributed by atoms with van der Waals surface area (Å²) in [6.45, 7) is 3.58. The highest BCUT2D eigenvalue weighted by atomic mass is 79.9. The fourth-order valence-corrected chi connectivity index (χ4v) is 3.42. The molecular weight excluding hydrogens is 394 g/mol. The van der Waals surface area contributed by atoms with Crippen LogP contribution in [0.5, 0.6) is 0 Å². The Bertz CT molecular complexity index is 759. The van der Waals surface area contributed by atoms with Gasteiger partial charge in [-0.3, -0.25) is 14.5 Å². The predicted octanol–water partition coefficient (Wildman–Crippen LogP) is 2.52. The number of hydrogen-bond donors (Lipinski definition) is 1. The van der Waals surface area contributed by atoms with Crippen molar-refractivity contribution in [3.63, 3.8) is 0 Å². The molecule has 0 spiro atoms. The number of nitrogens with one attached hydrogen (secondary N) is 1. The highest BCUT2D eigenvalue weighted by molar-refractivity contribution is 9.10. The van der Waals surface area contributed by atoms with E-state index in [9.17, 15) is 9.59 Å². The molecule has 1 heterocycles. The Morgan fingerprint density at radius 2 is 1.58 bits per heavy atom. The van der Waals surface area contributed by atoms with Crippen molar-refractivity contribution in [2.24, 2.45) is 0 Å². The number of carbonyl (C=O) groups is 2. The molecule has 0 radical (unpaired) electrons. The van der Waals surface area contributed by atoms with Gasteiger partial charge in [0, 0.05) is 37.2 Å². The van der Waals surface area contributed by atoms with Crippen molar-refractivity contribution in [2.45, 2.75) is 6.54 Å². The molecule has 1 saturated heterocycles. The van der Waals surface area contributed by atoms with Crippen LogP contribution in [-0.2, 0) is 11.3 Å². The Morgan fingerprint density at radius 1 is 0.923 bits per heavy atom. The maximum atomic E-state index is 12.6. The van der Waals surface area contributed by atoms with Crippen molar-refractivity contribution in [3.05, 3.63) is 70.2 Å². The molecule has 136 valence electrons. The van der Waals surface area contributed by atoms with Crippen LogP contribution in [0, 0.1) is 0 Å². The van der Waals surface area contributed by atoms with E-state index in [1.165, 1.54) is 0 Å². The molecule has 5 nitrogen and oxygen atoms in total. The van der Waals surface area contributed by atoms with Gasteiger partial charge < -0.3 is 10.2 Å². The number of rotatable bonds is 5. The first-order chi connectivity index (χ1) is 12.6. The number of hydrogen-bond acceptors (Lipinski definition) is 3. The van der Waals surface area contributed by atoms with E-state index < -0.39 is 0 Å². The zero-order valence-corrected chi connectivity index (χ0v) is 16.1. The van der Waals surface area contributed by atoms with Crippen molar-refractivity contribution in [3.8, 4) is 0 Å². The summed E-state index contributed by atoms with van der Waals surface area (Å²) in [5, 5.41) is 2.95. The van der Waals surface area contributed by atoms with Gasteiger partial charge in [-0.05, 0) is 33.6 Å². The second-order valence-corrected chi connectivity index (χ2v) is 7.16. The van der Waals surface area contributed by atoms with Crippen LogP contribution < -0.4 is 5.32 Å². The molecule has 1 aliphatic heterocycles. The van der Waals surface area contributed by atoms with E-state index in [2.05, 4.69) is 26.1 Å². The minimum absolute atomic E-state index is 0.0134. The van der Waals surface area contributed by atoms with Crippen molar-refractivity contribution >= 4 is 27.7 Å². The van der Waals surface area contributed by atoms with E-state index in [0.29, 0.717) is 44.8 Å². The van der Waals surface area contributed by atoms with Gasteiger partial charge in [0.15, 0.2) is 0 Å². The lowest BCUT2D eigenvalue weighted by Crippen LogP contribution is -2.51. The van der Waals surface area contributed by atoms with Gasteiger partial charge in [0.05, 0.1) is 12.1 Å². The maximum Gasteiger partial charge on any atom is 0.255 e. The van der Waals surface area contributed by atoms with E-state index in [1.807, 2.05) is 59.5 Å². The van der Waals surface area contributed by atoms with E-state index >= 15 is 0 Å². The maximum absolute atomic E-state index is 12.6. The smallest absolute Gasteiger partial charge is 0.255 e. The molecule has 1 fully saturated rings. The molecule has 0 saturated carbocycles. The molecule has 0 bridgehead atoms. The molecule has 2 aromatic carbocycles. The first-order valence-corrected chi connectivity index (χ1v) is 9.49. The molecule has 2 amide bonds. The predicted molar refractivity (Wildman–Crippen MR) is 105 cm³/mol. The third kappa shape index (κ3) is 4.93. The minimum atomic E-state index is 0.0134. The number of amides is 2. The van der Waals surface area contributed by atoms with Crippen LogP contribution in [0.4, 0.5) is 0 Å². The lowest BCUT2D eigenvalue weighted by Gasteiger charge is -2.34. The van der Waals surface area contributed by atoms with Crippen LogP contribution in [0.3, 0.4) is 0 Å². The Morgan fingerprint density at radius 3 is 2.27 bits per heavy atom. The van der Waals surface area contributed by atoms with Crippen molar-refractivity contribution in [1.29, 1.82) is 0 Å². The summed E-state index contributed by atoms with van der Waals surface area (Å²) in [7, 11) is 0. The summed E-state index contributed by atoms with van der Waals surface area (Å²) >= 11 is 3.43. The fourth-order valence-electron chi connectivity index (χ4n) is 2.97. The first kappa shape index (κ1) is 18.6. The standard InChI is InChI=1S/C20H22BrN3O2/c21-18-9-5-4-8-17(18)20(26)24-12-10-23(11-13-24)15-19(25)22-14-16-6-2-1-3-7-16/h1-9H,10-15H2,(H,22,25). The van der Waals surface area contributed by atoms with Crippen molar-refractivity contribution < 1.29 is 9.59 Å². The number of carbonyl (C=O) groups excluding carboxylic acids is 2. The highest BCUT2D eigenvalue weighted by Gasteiger charge is 2.24. The van der Waals surface area contributed by atoms with E-state index in [1.54, 1.807) is 0 Å².